The van der Waals surface area contributed by atoms with Gasteiger partial charge in [0.1, 0.15) is 5.82 Å². The van der Waals surface area contributed by atoms with Crippen LogP contribution in [0.4, 0.5) is 15.8 Å². The van der Waals surface area contributed by atoms with Gasteiger partial charge in [-0.2, -0.15) is 0 Å². The summed E-state index contributed by atoms with van der Waals surface area (Å²) in [6, 6.07) is 2.75. The number of nitrogens with one attached hydrogen (secondary N) is 2. The molecular formula is C7H8FIN3P. The Morgan fingerprint density at radius 2 is 2.31 bits per heavy atom. The van der Waals surface area contributed by atoms with E-state index in [1.807, 2.05) is 0 Å². The molecule has 70 valence electrons. The summed E-state index contributed by atoms with van der Waals surface area (Å²) in [6.07, 6.45) is 1.58. The van der Waals surface area contributed by atoms with E-state index < -0.39 is 5.82 Å². The molecule has 3 nitrogen and oxygen atoms in total. The van der Waals surface area contributed by atoms with Gasteiger partial charge in [0.05, 0.1) is 5.69 Å². The number of nitrogen functional groups attached to an aromatic ring is 1. The molecule has 1 aromatic carbocycles. The topological polar surface area (TPSA) is 61.9 Å². The molecule has 0 heterocycles. The van der Waals surface area contributed by atoms with Crippen molar-refractivity contribution < 1.29 is 4.39 Å². The normalized spacial score (nSPS) is 10.6. The zero-order chi connectivity index (χ0) is 9.84. The van der Waals surface area contributed by atoms with Crippen LogP contribution in [0.1, 0.15) is 5.56 Å². The molecule has 6 heteroatoms. The second-order valence-corrected chi connectivity index (χ2v) is 4.38. The molecule has 0 aliphatic heterocycles. The predicted octanol–water partition coefficient (Wildman–Crippen LogP) is 2.76. The SMILES string of the molecule is N=Cc1cc(N)c(F)cc1NPI. The van der Waals surface area contributed by atoms with Crippen LogP contribution in [0.25, 0.3) is 0 Å². The van der Waals surface area contributed by atoms with Crippen molar-refractivity contribution in [3.63, 3.8) is 0 Å². The molecule has 1 atom stereocenters. The maximum atomic E-state index is 13.0. The van der Waals surface area contributed by atoms with Gasteiger partial charge in [-0.05, 0) is 28.1 Å². The third-order valence-electron chi connectivity index (χ3n) is 1.51. The fourth-order valence-corrected chi connectivity index (χ4v) is 2.08. The van der Waals surface area contributed by atoms with Crippen LogP contribution in [0.3, 0.4) is 0 Å². The van der Waals surface area contributed by atoms with Crippen molar-refractivity contribution in [1.82, 2.24) is 0 Å². The molecule has 0 spiro atoms. The van der Waals surface area contributed by atoms with E-state index in [9.17, 15) is 4.39 Å². The number of hydrogen-bond donors (Lipinski definition) is 3. The van der Waals surface area contributed by atoms with Gasteiger partial charge in [0.15, 0.2) is 0 Å². The second kappa shape index (κ2) is 4.72. The molecule has 0 saturated carbocycles. The quantitative estimate of drug-likeness (QED) is 0.348. The molecule has 1 aromatic rings. The van der Waals surface area contributed by atoms with Gasteiger partial charge in [0, 0.05) is 29.9 Å². The molecule has 0 bridgehead atoms. The van der Waals surface area contributed by atoms with Crippen molar-refractivity contribution in [2.45, 2.75) is 0 Å². The summed E-state index contributed by atoms with van der Waals surface area (Å²) in [5.41, 5.74) is 6.63. The second-order valence-electron chi connectivity index (χ2n) is 2.32. The molecular weight excluding hydrogens is 303 g/mol. The lowest BCUT2D eigenvalue weighted by Gasteiger charge is -2.07. The zero-order valence-corrected chi connectivity index (χ0v) is 9.72. The Labute approximate surface area is 90.1 Å². The van der Waals surface area contributed by atoms with Crippen molar-refractivity contribution in [3.8, 4) is 0 Å². The number of halogens is 2. The van der Waals surface area contributed by atoms with E-state index in [0.717, 1.165) is 6.21 Å². The Morgan fingerprint density at radius 3 is 2.85 bits per heavy atom. The highest BCUT2D eigenvalue weighted by atomic mass is 127. The highest BCUT2D eigenvalue weighted by Gasteiger charge is 2.05. The molecule has 0 aromatic heterocycles. The van der Waals surface area contributed by atoms with Crippen LogP contribution >= 0.6 is 28.4 Å². The molecule has 0 amide bonds. The average Bonchev–Trinajstić information content (AvgIpc) is 2.11. The number of nitrogens with two attached hydrogens (primary N) is 1. The number of anilines is 2. The summed E-state index contributed by atoms with van der Waals surface area (Å²) >= 11 is 2.13. The van der Waals surface area contributed by atoms with Gasteiger partial charge >= 0.3 is 0 Å². The van der Waals surface area contributed by atoms with Crippen molar-refractivity contribution in [1.29, 1.82) is 5.41 Å². The van der Waals surface area contributed by atoms with Crippen molar-refractivity contribution in [2.75, 3.05) is 10.8 Å². The minimum Gasteiger partial charge on any atom is -0.396 e. The van der Waals surface area contributed by atoms with E-state index in [2.05, 4.69) is 27.1 Å². The first-order valence-electron chi connectivity index (χ1n) is 3.40. The van der Waals surface area contributed by atoms with Gasteiger partial charge in [0.2, 0.25) is 0 Å². The smallest absolute Gasteiger partial charge is 0.148 e. The summed E-state index contributed by atoms with van der Waals surface area (Å²) in [5.74, 6) is -0.456. The Balaban J connectivity index is 3.16. The van der Waals surface area contributed by atoms with Gasteiger partial charge in [-0.1, -0.05) is 0 Å². The van der Waals surface area contributed by atoms with E-state index in [1.165, 1.54) is 12.1 Å². The molecule has 1 rings (SSSR count). The predicted molar refractivity (Wildman–Crippen MR) is 64.7 cm³/mol. The number of hydrogen-bond acceptors (Lipinski definition) is 3. The van der Waals surface area contributed by atoms with Crippen LogP contribution in [-0.2, 0) is 0 Å². The highest BCUT2D eigenvalue weighted by molar-refractivity contribution is 14.2. The molecule has 0 fully saturated rings. The zero-order valence-electron chi connectivity index (χ0n) is 6.57. The summed E-state index contributed by atoms with van der Waals surface area (Å²) in [7, 11) is 0. The Kier molecular flexibility index (Phi) is 3.87. The lowest BCUT2D eigenvalue weighted by Crippen LogP contribution is -1.96. The minimum absolute atomic E-state index is 0.0702. The van der Waals surface area contributed by atoms with Crippen molar-refractivity contribution in [2.24, 2.45) is 0 Å². The summed E-state index contributed by atoms with van der Waals surface area (Å²) < 4.78 is 13.0. The first kappa shape index (κ1) is 10.7. The lowest BCUT2D eigenvalue weighted by atomic mass is 10.1. The lowest BCUT2D eigenvalue weighted by molar-refractivity contribution is 0.633. The molecule has 13 heavy (non-hydrogen) atoms. The maximum absolute atomic E-state index is 13.0. The first-order chi connectivity index (χ1) is 6.19. The largest absolute Gasteiger partial charge is 0.396 e. The Morgan fingerprint density at radius 1 is 1.62 bits per heavy atom. The van der Waals surface area contributed by atoms with E-state index in [-0.39, 0.29) is 5.69 Å². The van der Waals surface area contributed by atoms with Gasteiger partial charge in [-0.15, -0.1) is 0 Å². The minimum atomic E-state index is -0.456. The van der Waals surface area contributed by atoms with Gasteiger partial charge in [-0.3, -0.25) is 0 Å². The average molecular weight is 311 g/mol. The number of benzene rings is 1. The standard InChI is InChI=1S/C7H8FIN3P/c8-5-2-7(12-13-9)4(3-10)1-6(5)11/h1-3,10,12-13H,11H2. The molecule has 4 N–H and O–H groups in total. The molecule has 1 unspecified atom stereocenters. The molecule has 0 radical (unpaired) electrons. The fraction of sp³-hybridized carbons (Fsp3) is 0. The van der Waals surface area contributed by atoms with E-state index in [0.29, 0.717) is 17.6 Å². The Hall–Kier alpha value is -0.420. The van der Waals surface area contributed by atoms with Crippen LogP contribution < -0.4 is 10.8 Å². The van der Waals surface area contributed by atoms with Gasteiger partial charge in [0.25, 0.3) is 0 Å². The molecule has 0 saturated heterocycles. The van der Waals surface area contributed by atoms with E-state index in [4.69, 9.17) is 11.1 Å². The number of rotatable bonds is 3. The third-order valence-corrected chi connectivity index (χ3v) is 2.68. The summed E-state index contributed by atoms with van der Waals surface area (Å²) in [4.78, 5) is 0. The fourth-order valence-electron chi connectivity index (χ4n) is 0.886. The summed E-state index contributed by atoms with van der Waals surface area (Å²) in [5, 5.41) is 10.1. The van der Waals surface area contributed by atoms with E-state index >= 15 is 0 Å². The van der Waals surface area contributed by atoms with Gasteiger partial charge < -0.3 is 16.2 Å². The first-order valence-corrected chi connectivity index (χ1v) is 7.51. The van der Waals surface area contributed by atoms with Crippen molar-refractivity contribution >= 4 is 46.0 Å². The van der Waals surface area contributed by atoms with Crippen LogP contribution in [0.5, 0.6) is 0 Å². The van der Waals surface area contributed by atoms with Crippen LogP contribution in [-0.4, -0.2) is 6.21 Å². The Bertz CT molecular complexity index is 332. The highest BCUT2D eigenvalue weighted by Crippen LogP contribution is 2.28. The third kappa shape index (κ3) is 2.51. The molecule has 0 aliphatic carbocycles. The van der Waals surface area contributed by atoms with E-state index in [1.54, 1.807) is 0 Å². The summed E-state index contributed by atoms with van der Waals surface area (Å²) in [6.45, 7) is 0. The molecule has 0 aliphatic rings. The maximum Gasteiger partial charge on any atom is 0.148 e. The van der Waals surface area contributed by atoms with Crippen LogP contribution in [0.15, 0.2) is 12.1 Å². The van der Waals surface area contributed by atoms with Crippen LogP contribution in [0.2, 0.25) is 0 Å². The van der Waals surface area contributed by atoms with Crippen molar-refractivity contribution in [3.05, 3.63) is 23.5 Å². The van der Waals surface area contributed by atoms with Gasteiger partial charge in [-0.25, -0.2) is 4.39 Å². The monoisotopic (exact) mass is 311 g/mol. The van der Waals surface area contributed by atoms with Crippen LogP contribution in [0, 0.1) is 11.2 Å².